The second-order valence-corrected chi connectivity index (χ2v) is 5.29. The van der Waals surface area contributed by atoms with Crippen LogP contribution in [0.5, 0.6) is 5.75 Å². The lowest BCUT2D eigenvalue weighted by molar-refractivity contribution is 0.240. The molecule has 2 nitrogen and oxygen atoms in total. The molecule has 0 N–H and O–H groups in total. The van der Waals surface area contributed by atoms with Crippen molar-refractivity contribution in [1.29, 1.82) is 0 Å². The first-order valence-corrected chi connectivity index (χ1v) is 6.81. The van der Waals surface area contributed by atoms with Gasteiger partial charge in [-0.25, -0.2) is 0 Å². The highest BCUT2D eigenvalue weighted by atomic mass is 16.5. The van der Waals surface area contributed by atoms with Crippen LogP contribution in [0.3, 0.4) is 0 Å². The molecule has 2 heteroatoms. The van der Waals surface area contributed by atoms with E-state index in [1.54, 1.807) is 0 Å². The molecule has 0 amide bonds. The molecule has 0 aliphatic carbocycles. The first-order chi connectivity index (χ1) is 8.93. The Kier molecular flexibility index (Phi) is 2.22. The van der Waals surface area contributed by atoms with Gasteiger partial charge in [-0.3, -0.25) is 0 Å². The number of hydrogen-bond donors (Lipinski definition) is 0. The Morgan fingerprint density at radius 3 is 3.00 bits per heavy atom. The molecule has 2 atom stereocenters. The molecule has 2 aromatic rings. The first kappa shape index (κ1) is 10.2. The summed E-state index contributed by atoms with van der Waals surface area (Å²) in [7, 11) is 0. The van der Waals surface area contributed by atoms with E-state index < -0.39 is 0 Å². The van der Waals surface area contributed by atoms with Gasteiger partial charge in [0.1, 0.15) is 5.75 Å². The van der Waals surface area contributed by atoms with Crippen LogP contribution in [-0.2, 0) is 6.42 Å². The molecule has 1 aromatic carbocycles. The molecular weight excluding hydrogens is 222 g/mol. The summed E-state index contributed by atoms with van der Waals surface area (Å²) >= 11 is 0. The third-order valence-electron chi connectivity index (χ3n) is 4.39. The molecule has 1 aromatic heterocycles. The summed E-state index contributed by atoms with van der Waals surface area (Å²) < 4.78 is 8.25. The first-order valence-electron chi connectivity index (χ1n) is 6.81. The maximum Gasteiger partial charge on any atom is 0.122 e. The maximum atomic E-state index is 5.77. The van der Waals surface area contributed by atoms with Crippen LogP contribution in [0.2, 0.25) is 0 Å². The number of rotatable bonds is 1. The van der Waals surface area contributed by atoms with Gasteiger partial charge in [0.25, 0.3) is 0 Å². The number of ether oxygens (including phenoxy) is 1. The van der Waals surface area contributed by atoms with Crippen molar-refractivity contribution in [2.24, 2.45) is 0 Å². The molecule has 92 valence electrons. The number of para-hydroxylation sites is 1. The summed E-state index contributed by atoms with van der Waals surface area (Å²) in [4.78, 5) is 0. The van der Waals surface area contributed by atoms with Crippen molar-refractivity contribution >= 4 is 0 Å². The van der Waals surface area contributed by atoms with Crippen molar-refractivity contribution in [3.63, 3.8) is 0 Å². The molecule has 0 saturated carbocycles. The van der Waals surface area contributed by atoms with Gasteiger partial charge in [0.15, 0.2) is 0 Å². The maximum absolute atomic E-state index is 5.77. The number of aromatic nitrogens is 1. The Bertz CT molecular complexity index is 572. The van der Waals surface area contributed by atoms with Crippen molar-refractivity contribution in [2.45, 2.75) is 31.2 Å². The lowest BCUT2D eigenvalue weighted by atomic mass is 9.85. The molecular formula is C16H17NO. The molecule has 2 unspecified atom stereocenters. The Hall–Kier alpha value is -1.70. The summed E-state index contributed by atoms with van der Waals surface area (Å²) in [5.41, 5.74) is 2.89. The quantitative estimate of drug-likeness (QED) is 0.742. The number of benzene rings is 1. The van der Waals surface area contributed by atoms with Gasteiger partial charge < -0.3 is 9.30 Å². The van der Waals surface area contributed by atoms with Crippen LogP contribution in [-0.4, -0.2) is 11.2 Å². The topological polar surface area (TPSA) is 14.2 Å². The number of nitrogens with zero attached hydrogens (tertiary/aromatic N) is 1. The average molecular weight is 239 g/mol. The van der Waals surface area contributed by atoms with Crippen molar-refractivity contribution in [2.75, 3.05) is 6.61 Å². The summed E-state index contributed by atoms with van der Waals surface area (Å²) in [5, 5.41) is 0. The zero-order valence-electron chi connectivity index (χ0n) is 10.4. The summed E-state index contributed by atoms with van der Waals surface area (Å²) in [5.74, 6) is 1.71. The van der Waals surface area contributed by atoms with Crippen LogP contribution < -0.4 is 4.74 Å². The van der Waals surface area contributed by atoms with Crippen LogP contribution in [0.4, 0.5) is 0 Å². The number of fused-ring (bicyclic) bond motifs is 2. The van der Waals surface area contributed by atoms with Gasteiger partial charge in [0, 0.05) is 23.9 Å². The Morgan fingerprint density at radius 1 is 1.06 bits per heavy atom. The molecule has 0 saturated heterocycles. The van der Waals surface area contributed by atoms with Gasteiger partial charge in [-0.15, -0.1) is 0 Å². The Morgan fingerprint density at radius 2 is 2.00 bits per heavy atom. The van der Waals surface area contributed by atoms with Crippen LogP contribution >= 0.6 is 0 Å². The number of aryl methyl sites for hydroxylation is 1. The standard InChI is InChI=1S/C16H17NO/c1-2-6-16-14(5-1)13(9-11-18-16)15-8-7-12-4-3-10-17(12)15/h1-6,10,13,15H,7-9,11H2. The fraction of sp³-hybridized carbons (Fsp3) is 0.375. The normalized spacial score (nSPS) is 25.3. The lowest BCUT2D eigenvalue weighted by Gasteiger charge is -2.31. The second-order valence-electron chi connectivity index (χ2n) is 5.29. The third-order valence-corrected chi connectivity index (χ3v) is 4.39. The average Bonchev–Trinajstić information content (AvgIpc) is 3.01. The SMILES string of the molecule is c1ccc2c(c1)OCCC2C1CCc2cccn21. The van der Waals surface area contributed by atoms with Gasteiger partial charge in [0.05, 0.1) is 6.61 Å². The predicted molar refractivity (Wildman–Crippen MR) is 71.1 cm³/mol. The van der Waals surface area contributed by atoms with Gasteiger partial charge in [-0.05, 0) is 43.0 Å². The number of hydrogen-bond acceptors (Lipinski definition) is 1. The van der Waals surface area contributed by atoms with Crippen LogP contribution in [0.1, 0.15) is 36.1 Å². The summed E-state index contributed by atoms with van der Waals surface area (Å²) in [6.07, 6.45) is 5.87. The highest BCUT2D eigenvalue weighted by Crippen LogP contribution is 2.44. The molecule has 0 fully saturated rings. The van der Waals surface area contributed by atoms with E-state index in [1.807, 2.05) is 0 Å². The van der Waals surface area contributed by atoms with E-state index in [-0.39, 0.29) is 0 Å². The fourth-order valence-electron chi connectivity index (χ4n) is 3.56. The van der Waals surface area contributed by atoms with Gasteiger partial charge in [-0.2, -0.15) is 0 Å². The molecule has 2 aliphatic rings. The molecule has 0 radical (unpaired) electrons. The Labute approximate surface area is 107 Å². The second kappa shape index (κ2) is 3.91. The lowest BCUT2D eigenvalue weighted by Crippen LogP contribution is -2.21. The van der Waals surface area contributed by atoms with Gasteiger partial charge in [0.2, 0.25) is 0 Å². The van der Waals surface area contributed by atoms with Gasteiger partial charge >= 0.3 is 0 Å². The van der Waals surface area contributed by atoms with E-state index in [2.05, 4.69) is 47.2 Å². The van der Waals surface area contributed by atoms with E-state index in [0.29, 0.717) is 12.0 Å². The van der Waals surface area contributed by atoms with Crippen LogP contribution in [0.15, 0.2) is 42.6 Å². The van der Waals surface area contributed by atoms with Crippen molar-refractivity contribution < 1.29 is 4.74 Å². The van der Waals surface area contributed by atoms with Crippen LogP contribution in [0.25, 0.3) is 0 Å². The zero-order chi connectivity index (χ0) is 11.9. The van der Waals surface area contributed by atoms with E-state index >= 15 is 0 Å². The zero-order valence-corrected chi connectivity index (χ0v) is 10.4. The van der Waals surface area contributed by atoms with E-state index in [9.17, 15) is 0 Å². The molecule has 0 spiro atoms. The van der Waals surface area contributed by atoms with Crippen molar-refractivity contribution in [3.05, 3.63) is 53.9 Å². The molecule has 4 rings (SSSR count). The van der Waals surface area contributed by atoms with Crippen LogP contribution in [0, 0.1) is 0 Å². The molecule has 3 heterocycles. The fourth-order valence-corrected chi connectivity index (χ4v) is 3.56. The smallest absolute Gasteiger partial charge is 0.122 e. The monoisotopic (exact) mass is 239 g/mol. The van der Waals surface area contributed by atoms with Gasteiger partial charge in [-0.1, -0.05) is 18.2 Å². The summed E-state index contributed by atoms with van der Waals surface area (Å²) in [6.45, 7) is 0.856. The van der Waals surface area contributed by atoms with Crippen molar-refractivity contribution in [3.8, 4) is 5.75 Å². The van der Waals surface area contributed by atoms with Crippen molar-refractivity contribution in [1.82, 2.24) is 4.57 Å². The molecule has 2 aliphatic heterocycles. The highest BCUT2D eigenvalue weighted by Gasteiger charge is 2.33. The Balaban J connectivity index is 1.75. The highest BCUT2D eigenvalue weighted by molar-refractivity contribution is 5.39. The molecule has 0 bridgehead atoms. The van der Waals surface area contributed by atoms with E-state index in [4.69, 9.17) is 4.74 Å². The molecule has 18 heavy (non-hydrogen) atoms. The minimum absolute atomic E-state index is 0.614. The minimum atomic E-state index is 0.614. The van der Waals surface area contributed by atoms with E-state index in [0.717, 1.165) is 18.8 Å². The third kappa shape index (κ3) is 1.41. The predicted octanol–water partition coefficient (Wildman–Crippen LogP) is 3.54. The minimum Gasteiger partial charge on any atom is -0.493 e. The van der Waals surface area contributed by atoms with E-state index in [1.165, 1.54) is 24.1 Å². The largest absolute Gasteiger partial charge is 0.493 e. The summed E-state index contributed by atoms with van der Waals surface area (Å²) in [6, 6.07) is 13.6.